The van der Waals surface area contributed by atoms with Gasteiger partial charge in [0.2, 0.25) is 0 Å². The standard InChI is InChI=1S/C27H35N3O3/c1-7-20-21-16-19(26(31)29-12-14-30(15-13-29)27(2,3)4)8-10-22(21)28-25(20)18-9-11-23(32-5)24(17-18)33-6/h8-11,16-17,28H,7,12-15H2,1-6H3. The molecule has 0 radical (unpaired) electrons. The van der Waals surface area contributed by atoms with E-state index in [4.69, 9.17) is 9.47 Å². The fourth-order valence-corrected chi connectivity index (χ4v) is 4.75. The van der Waals surface area contributed by atoms with Crippen LogP contribution in [0.15, 0.2) is 36.4 Å². The van der Waals surface area contributed by atoms with E-state index >= 15 is 0 Å². The fourth-order valence-electron chi connectivity index (χ4n) is 4.75. The Morgan fingerprint density at radius 1 is 0.970 bits per heavy atom. The molecule has 3 aromatic rings. The van der Waals surface area contributed by atoms with E-state index < -0.39 is 0 Å². The van der Waals surface area contributed by atoms with Crippen LogP contribution in [0.25, 0.3) is 22.2 Å². The van der Waals surface area contributed by atoms with Crippen LogP contribution in [0.4, 0.5) is 0 Å². The first-order valence-electron chi connectivity index (χ1n) is 11.7. The molecule has 1 aliphatic rings. The van der Waals surface area contributed by atoms with Crippen molar-refractivity contribution in [3.63, 3.8) is 0 Å². The van der Waals surface area contributed by atoms with Crippen molar-refractivity contribution in [1.29, 1.82) is 0 Å². The van der Waals surface area contributed by atoms with E-state index in [1.807, 2.05) is 41.3 Å². The van der Waals surface area contributed by atoms with E-state index in [1.165, 1.54) is 5.56 Å². The summed E-state index contributed by atoms with van der Waals surface area (Å²) in [6, 6.07) is 12.0. The second-order valence-electron chi connectivity index (χ2n) is 9.61. The first-order chi connectivity index (χ1) is 15.8. The Hall–Kier alpha value is -2.99. The van der Waals surface area contributed by atoms with Crippen LogP contribution < -0.4 is 9.47 Å². The minimum atomic E-state index is 0.112. The highest BCUT2D eigenvalue weighted by molar-refractivity contribution is 6.00. The molecule has 0 atom stereocenters. The first kappa shape index (κ1) is 23.2. The molecule has 1 saturated heterocycles. The summed E-state index contributed by atoms with van der Waals surface area (Å²) in [5.74, 6) is 1.51. The summed E-state index contributed by atoms with van der Waals surface area (Å²) in [5.41, 5.74) is 5.20. The normalized spacial score (nSPS) is 15.2. The van der Waals surface area contributed by atoms with Gasteiger partial charge in [-0.25, -0.2) is 0 Å². The van der Waals surface area contributed by atoms with Gasteiger partial charge < -0.3 is 19.4 Å². The Balaban J connectivity index is 1.64. The van der Waals surface area contributed by atoms with Gasteiger partial charge in [0, 0.05) is 59.4 Å². The van der Waals surface area contributed by atoms with Crippen molar-refractivity contribution in [3.8, 4) is 22.8 Å². The fraction of sp³-hybridized carbons (Fsp3) is 0.444. The van der Waals surface area contributed by atoms with Gasteiger partial charge in [-0.2, -0.15) is 0 Å². The van der Waals surface area contributed by atoms with Gasteiger partial charge in [-0.15, -0.1) is 0 Å². The monoisotopic (exact) mass is 449 g/mol. The first-order valence-corrected chi connectivity index (χ1v) is 11.7. The molecule has 1 fully saturated rings. The number of carbonyl (C=O) groups excluding carboxylic acids is 1. The number of hydrogen-bond acceptors (Lipinski definition) is 4. The summed E-state index contributed by atoms with van der Waals surface area (Å²) < 4.78 is 10.9. The van der Waals surface area contributed by atoms with Crippen LogP contribution in [-0.2, 0) is 6.42 Å². The minimum absolute atomic E-state index is 0.112. The molecule has 0 saturated carbocycles. The number of piperazine rings is 1. The molecule has 6 nitrogen and oxygen atoms in total. The van der Waals surface area contributed by atoms with Gasteiger partial charge >= 0.3 is 0 Å². The molecule has 1 amide bonds. The smallest absolute Gasteiger partial charge is 0.253 e. The second kappa shape index (κ2) is 9.10. The Labute approximate surface area is 196 Å². The number of hydrogen-bond donors (Lipinski definition) is 1. The van der Waals surface area contributed by atoms with E-state index in [2.05, 4.69) is 37.6 Å². The average molecular weight is 450 g/mol. The molecule has 4 rings (SSSR count). The van der Waals surface area contributed by atoms with E-state index in [9.17, 15) is 4.79 Å². The van der Waals surface area contributed by atoms with Crippen LogP contribution in [-0.4, -0.2) is 66.6 Å². The highest BCUT2D eigenvalue weighted by Gasteiger charge is 2.28. The molecule has 1 N–H and O–H groups in total. The molecular formula is C27H35N3O3. The molecule has 6 heteroatoms. The zero-order valence-corrected chi connectivity index (χ0v) is 20.6. The van der Waals surface area contributed by atoms with Crippen molar-refractivity contribution in [1.82, 2.24) is 14.8 Å². The van der Waals surface area contributed by atoms with Crippen molar-refractivity contribution in [2.24, 2.45) is 0 Å². The van der Waals surface area contributed by atoms with Gasteiger partial charge in [0.1, 0.15) is 0 Å². The third-order valence-electron chi connectivity index (χ3n) is 6.69. The zero-order chi connectivity index (χ0) is 23.8. The molecule has 0 spiro atoms. The summed E-state index contributed by atoms with van der Waals surface area (Å²) in [6.07, 6.45) is 0.853. The number of carbonyl (C=O) groups is 1. The van der Waals surface area contributed by atoms with Crippen molar-refractivity contribution in [3.05, 3.63) is 47.5 Å². The summed E-state index contributed by atoms with van der Waals surface area (Å²) >= 11 is 0. The number of amides is 1. The van der Waals surface area contributed by atoms with Crippen molar-refractivity contribution in [2.75, 3.05) is 40.4 Å². The number of fused-ring (bicyclic) bond motifs is 1. The van der Waals surface area contributed by atoms with Gasteiger partial charge in [-0.05, 0) is 69.2 Å². The second-order valence-corrected chi connectivity index (χ2v) is 9.61. The number of H-pyrrole nitrogens is 1. The molecule has 2 heterocycles. The molecular weight excluding hydrogens is 414 g/mol. The van der Waals surface area contributed by atoms with Crippen LogP contribution >= 0.6 is 0 Å². The molecule has 2 aromatic carbocycles. The molecule has 1 aliphatic heterocycles. The van der Waals surface area contributed by atoms with Crippen molar-refractivity contribution >= 4 is 16.8 Å². The van der Waals surface area contributed by atoms with Crippen molar-refractivity contribution < 1.29 is 14.3 Å². The van der Waals surface area contributed by atoms with Gasteiger partial charge in [0.15, 0.2) is 11.5 Å². The lowest BCUT2D eigenvalue weighted by Crippen LogP contribution is -2.54. The van der Waals surface area contributed by atoms with Crippen LogP contribution in [0.3, 0.4) is 0 Å². The van der Waals surface area contributed by atoms with E-state index in [0.29, 0.717) is 11.5 Å². The summed E-state index contributed by atoms with van der Waals surface area (Å²) in [4.78, 5) is 21.3. The van der Waals surface area contributed by atoms with E-state index in [1.54, 1.807) is 14.2 Å². The third kappa shape index (κ3) is 4.44. The van der Waals surface area contributed by atoms with E-state index in [-0.39, 0.29) is 11.4 Å². The molecule has 33 heavy (non-hydrogen) atoms. The van der Waals surface area contributed by atoms with E-state index in [0.717, 1.165) is 60.3 Å². The summed E-state index contributed by atoms with van der Waals surface area (Å²) in [7, 11) is 3.28. The lowest BCUT2D eigenvalue weighted by molar-refractivity contribution is 0.0451. The van der Waals surface area contributed by atoms with Gasteiger partial charge in [0.05, 0.1) is 14.2 Å². The summed E-state index contributed by atoms with van der Waals surface area (Å²) in [5, 5.41) is 1.10. The number of nitrogens with zero attached hydrogens (tertiary/aromatic N) is 2. The Kier molecular flexibility index (Phi) is 6.39. The molecule has 176 valence electrons. The Bertz CT molecular complexity index is 1150. The number of ether oxygens (including phenoxy) is 2. The number of aromatic nitrogens is 1. The zero-order valence-electron chi connectivity index (χ0n) is 20.6. The highest BCUT2D eigenvalue weighted by Crippen LogP contribution is 2.36. The predicted molar refractivity (Wildman–Crippen MR) is 133 cm³/mol. The largest absolute Gasteiger partial charge is 0.493 e. The molecule has 0 aliphatic carbocycles. The number of rotatable bonds is 5. The summed E-state index contributed by atoms with van der Waals surface area (Å²) in [6.45, 7) is 12.2. The highest BCUT2D eigenvalue weighted by atomic mass is 16.5. The molecule has 1 aromatic heterocycles. The predicted octanol–water partition coefficient (Wildman–Crippen LogP) is 4.97. The lowest BCUT2D eigenvalue weighted by atomic mass is 10.0. The molecule has 0 bridgehead atoms. The van der Waals surface area contributed by atoms with Gasteiger partial charge in [-0.1, -0.05) is 6.92 Å². The quantitative estimate of drug-likeness (QED) is 0.597. The number of aromatic amines is 1. The minimum Gasteiger partial charge on any atom is -0.493 e. The van der Waals surface area contributed by atoms with Gasteiger partial charge in [0.25, 0.3) is 5.91 Å². The third-order valence-corrected chi connectivity index (χ3v) is 6.69. The van der Waals surface area contributed by atoms with Crippen LogP contribution in [0.2, 0.25) is 0 Å². The maximum absolute atomic E-state index is 13.3. The van der Waals surface area contributed by atoms with Crippen LogP contribution in [0.1, 0.15) is 43.6 Å². The number of benzene rings is 2. The SMILES string of the molecule is CCc1c(-c2ccc(OC)c(OC)c2)[nH]c2ccc(C(=O)N3CCN(C(C)(C)C)CC3)cc12. The molecule has 0 unspecified atom stereocenters. The van der Waals surface area contributed by atoms with Crippen molar-refractivity contribution in [2.45, 2.75) is 39.7 Å². The number of aryl methyl sites for hydroxylation is 1. The topological polar surface area (TPSA) is 57.8 Å². The van der Waals surface area contributed by atoms with Crippen LogP contribution in [0, 0.1) is 0 Å². The number of methoxy groups -OCH3 is 2. The lowest BCUT2D eigenvalue weighted by Gasteiger charge is -2.42. The van der Waals surface area contributed by atoms with Crippen LogP contribution in [0.5, 0.6) is 11.5 Å². The maximum Gasteiger partial charge on any atom is 0.253 e. The number of nitrogens with one attached hydrogen (secondary N) is 1. The van der Waals surface area contributed by atoms with Gasteiger partial charge in [-0.3, -0.25) is 9.69 Å². The maximum atomic E-state index is 13.3. The average Bonchev–Trinajstić information content (AvgIpc) is 3.20. The Morgan fingerprint density at radius 2 is 1.67 bits per heavy atom. The Morgan fingerprint density at radius 3 is 2.27 bits per heavy atom.